The molecule has 7 nitrogen and oxygen atoms in total. The van der Waals surface area contributed by atoms with Crippen molar-refractivity contribution in [2.45, 2.75) is 23.9 Å². The summed E-state index contributed by atoms with van der Waals surface area (Å²) in [4.78, 5) is 17.1. The van der Waals surface area contributed by atoms with Crippen molar-refractivity contribution in [1.29, 1.82) is 0 Å². The number of H-pyrrole nitrogens is 1. The number of amides is 1. The van der Waals surface area contributed by atoms with Crippen LogP contribution in [0.1, 0.15) is 12.8 Å². The Balaban J connectivity index is 2.02. The van der Waals surface area contributed by atoms with Gasteiger partial charge in [0.25, 0.3) is 10.0 Å². The minimum absolute atomic E-state index is 0.0319. The lowest BCUT2D eigenvalue weighted by molar-refractivity contribution is -0.122. The van der Waals surface area contributed by atoms with Gasteiger partial charge in [-0.15, -0.1) is 0 Å². The average molecular weight is 244 g/mol. The fraction of sp³-hybridized carbons (Fsp3) is 0.500. The molecule has 3 N–H and O–H groups in total. The molecule has 8 heteroatoms. The van der Waals surface area contributed by atoms with Crippen LogP contribution in [0.25, 0.3) is 0 Å². The summed E-state index contributed by atoms with van der Waals surface area (Å²) >= 11 is 0. The van der Waals surface area contributed by atoms with Gasteiger partial charge in [0.15, 0.2) is 5.03 Å². The maximum Gasteiger partial charge on any atom is 0.257 e. The lowest BCUT2D eigenvalue weighted by Crippen LogP contribution is -2.47. The highest BCUT2D eigenvalue weighted by Gasteiger charge is 2.24. The van der Waals surface area contributed by atoms with Crippen LogP contribution in [0.3, 0.4) is 0 Å². The van der Waals surface area contributed by atoms with Crippen LogP contribution in [0.2, 0.25) is 0 Å². The minimum atomic E-state index is -3.55. The highest BCUT2D eigenvalue weighted by Crippen LogP contribution is 2.08. The van der Waals surface area contributed by atoms with Gasteiger partial charge in [-0.25, -0.2) is 18.1 Å². The van der Waals surface area contributed by atoms with E-state index in [4.69, 9.17) is 0 Å². The average Bonchev–Trinajstić information content (AvgIpc) is 2.75. The maximum absolute atomic E-state index is 11.7. The molecule has 16 heavy (non-hydrogen) atoms. The minimum Gasteiger partial charge on any atom is -0.355 e. The van der Waals surface area contributed by atoms with Crippen LogP contribution in [-0.4, -0.2) is 36.9 Å². The second kappa shape index (κ2) is 4.22. The van der Waals surface area contributed by atoms with Crippen LogP contribution in [0.4, 0.5) is 0 Å². The molecule has 2 rings (SSSR count). The van der Waals surface area contributed by atoms with Crippen LogP contribution in [-0.2, 0) is 14.8 Å². The smallest absolute Gasteiger partial charge is 0.257 e. The lowest BCUT2D eigenvalue weighted by atomic mass is 10.1. The molecule has 0 spiro atoms. The molecule has 0 bridgehead atoms. The van der Waals surface area contributed by atoms with Gasteiger partial charge in [0.05, 0.1) is 12.5 Å². The van der Waals surface area contributed by atoms with E-state index in [0.29, 0.717) is 19.4 Å². The predicted octanol–water partition coefficient (Wildman–Crippen LogP) is -1.03. The Morgan fingerprint density at radius 3 is 2.88 bits per heavy atom. The van der Waals surface area contributed by atoms with Crippen LogP contribution < -0.4 is 10.0 Å². The van der Waals surface area contributed by atoms with Crippen molar-refractivity contribution in [3.05, 3.63) is 12.5 Å². The Morgan fingerprint density at radius 1 is 1.50 bits per heavy atom. The lowest BCUT2D eigenvalue weighted by Gasteiger charge is -2.22. The largest absolute Gasteiger partial charge is 0.355 e. The Bertz CT molecular complexity index is 457. The van der Waals surface area contributed by atoms with Crippen molar-refractivity contribution in [3.8, 4) is 0 Å². The molecule has 2 heterocycles. The fourth-order valence-electron chi connectivity index (χ4n) is 1.51. The van der Waals surface area contributed by atoms with Crippen LogP contribution in [0.5, 0.6) is 0 Å². The topological polar surface area (TPSA) is 104 Å². The predicted molar refractivity (Wildman–Crippen MR) is 54.9 cm³/mol. The number of rotatable bonds is 3. The van der Waals surface area contributed by atoms with E-state index in [1.165, 1.54) is 12.5 Å². The van der Waals surface area contributed by atoms with E-state index in [9.17, 15) is 13.2 Å². The van der Waals surface area contributed by atoms with Crippen molar-refractivity contribution in [3.63, 3.8) is 0 Å². The first-order valence-electron chi connectivity index (χ1n) is 4.85. The molecule has 1 aromatic rings. The maximum atomic E-state index is 11.7. The van der Waals surface area contributed by atoms with Gasteiger partial charge in [-0.05, 0) is 6.42 Å². The summed E-state index contributed by atoms with van der Waals surface area (Å²) in [7, 11) is -3.55. The van der Waals surface area contributed by atoms with E-state index >= 15 is 0 Å². The molecule has 0 aromatic carbocycles. The molecule has 1 atom stereocenters. The number of imidazole rings is 1. The molecule has 1 fully saturated rings. The van der Waals surface area contributed by atoms with E-state index in [-0.39, 0.29) is 17.0 Å². The third-order valence-electron chi connectivity index (χ3n) is 2.35. The molecule has 1 unspecified atom stereocenters. The van der Waals surface area contributed by atoms with Gasteiger partial charge in [-0.2, -0.15) is 0 Å². The summed E-state index contributed by atoms with van der Waals surface area (Å²) in [6.07, 6.45) is 3.40. The van der Waals surface area contributed by atoms with E-state index < -0.39 is 10.0 Å². The molecule has 0 radical (unpaired) electrons. The van der Waals surface area contributed by atoms with Gasteiger partial charge in [-0.3, -0.25) is 4.79 Å². The number of nitrogens with one attached hydrogen (secondary N) is 3. The van der Waals surface area contributed by atoms with E-state index in [1.807, 2.05) is 0 Å². The van der Waals surface area contributed by atoms with Crippen LogP contribution in [0, 0.1) is 0 Å². The number of carbonyl (C=O) groups excluding carboxylic acids is 1. The van der Waals surface area contributed by atoms with E-state index in [2.05, 4.69) is 20.0 Å². The van der Waals surface area contributed by atoms with Crippen molar-refractivity contribution in [1.82, 2.24) is 20.0 Å². The molecular formula is C8H12N4O3S. The van der Waals surface area contributed by atoms with Crippen LogP contribution in [0.15, 0.2) is 17.6 Å². The SMILES string of the molecule is O=C1CCC(NS(=O)(=O)c2cnc[nH]2)CN1. The Morgan fingerprint density at radius 2 is 2.31 bits per heavy atom. The second-order valence-electron chi connectivity index (χ2n) is 3.58. The molecular weight excluding hydrogens is 232 g/mol. The summed E-state index contributed by atoms with van der Waals surface area (Å²) in [6, 6.07) is -0.258. The Hall–Kier alpha value is -1.41. The number of sulfonamides is 1. The molecule has 1 amide bonds. The third-order valence-corrected chi connectivity index (χ3v) is 3.80. The van der Waals surface area contributed by atoms with Gasteiger partial charge >= 0.3 is 0 Å². The number of aromatic amines is 1. The zero-order chi connectivity index (χ0) is 11.6. The number of hydrogen-bond donors (Lipinski definition) is 3. The van der Waals surface area contributed by atoms with Gasteiger partial charge in [0.2, 0.25) is 5.91 Å². The molecule has 1 aliphatic rings. The van der Waals surface area contributed by atoms with Crippen molar-refractivity contribution in [2.24, 2.45) is 0 Å². The monoisotopic (exact) mass is 244 g/mol. The first kappa shape index (κ1) is 11.1. The summed E-state index contributed by atoms with van der Waals surface area (Å²) in [5.74, 6) is -0.0445. The van der Waals surface area contributed by atoms with Crippen molar-refractivity contribution < 1.29 is 13.2 Å². The normalized spacial score (nSPS) is 21.8. The summed E-state index contributed by atoms with van der Waals surface area (Å²) in [6.45, 7) is 0.326. The Kier molecular flexibility index (Phi) is 2.92. The van der Waals surface area contributed by atoms with Gasteiger partial charge in [0, 0.05) is 19.0 Å². The quantitative estimate of drug-likeness (QED) is 0.632. The highest BCUT2D eigenvalue weighted by molar-refractivity contribution is 7.89. The van der Waals surface area contributed by atoms with Gasteiger partial charge in [-0.1, -0.05) is 0 Å². The molecule has 1 aromatic heterocycles. The Labute approximate surface area is 92.7 Å². The van der Waals surface area contributed by atoms with Crippen LogP contribution >= 0.6 is 0 Å². The first-order valence-corrected chi connectivity index (χ1v) is 6.33. The third kappa shape index (κ3) is 2.39. The van der Waals surface area contributed by atoms with Gasteiger partial charge < -0.3 is 10.3 Å². The summed E-state index contributed by atoms with van der Waals surface area (Å²) < 4.78 is 26.0. The first-order chi connectivity index (χ1) is 7.58. The molecule has 88 valence electrons. The number of aromatic nitrogens is 2. The van der Waals surface area contributed by atoms with Gasteiger partial charge in [0.1, 0.15) is 0 Å². The number of nitrogens with zero attached hydrogens (tertiary/aromatic N) is 1. The van der Waals surface area contributed by atoms with E-state index in [1.54, 1.807) is 0 Å². The zero-order valence-corrected chi connectivity index (χ0v) is 9.25. The molecule has 1 saturated heterocycles. The summed E-state index contributed by atoms with van der Waals surface area (Å²) in [5, 5.41) is 2.64. The number of piperidine rings is 1. The fourth-order valence-corrected chi connectivity index (χ4v) is 2.68. The zero-order valence-electron chi connectivity index (χ0n) is 8.43. The molecule has 1 aliphatic heterocycles. The molecule has 0 aliphatic carbocycles. The molecule has 0 saturated carbocycles. The number of hydrogen-bond acceptors (Lipinski definition) is 4. The highest BCUT2D eigenvalue weighted by atomic mass is 32.2. The standard InChI is InChI=1S/C8H12N4O3S/c13-7-2-1-6(3-10-7)12-16(14,15)8-4-9-5-11-8/h4-6,12H,1-3H2,(H,9,11)(H,10,13). The summed E-state index contributed by atoms with van der Waals surface area (Å²) in [5.41, 5.74) is 0. The van der Waals surface area contributed by atoms with Crippen molar-refractivity contribution >= 4 is 15.9 Å². The van der Waals surface area contributed by atoms with Crippen molar-refractivity contribution in [2.75, 3.05) is 6.54 Å². The number of carbonyl (C=O) groups is 1. The van der Waals surface area contributed by atoms with E-state index in [0.717, 1.165) is 0 Å². The second-order valence-corrected chi connectivity index (χ2v) is 5.26.